The Balaban J connectivity index is 1.43. The van der Waals surface area contributed by atoms with Crippen LogP contribution in [0, 0.1) is 0 Å². The summed E-state index contributed by atoms with van der Waals surface area (Å²) in [5.41, 5.74) is 2.28. The number of carbonyl (C=O) groups is 1. The molecule has 1 aromatic heterocycles. The molecule has 2 atom stereocenters. The number of halogens is 3. The van der Waals surface area contributed by atoms with Gasteiger partial charge in [-0.25, -0.2) is 4.09 Å². The molecule has 3 aromatic rings. The van der Waals surface area contributed by atoms with Gasteiger partial charge in [-0.05, 0) is 42.8 Å². The van der Waals surface area contributed by atoms with Gasteiger partial charge in [0.25, 0.3) is 0 Å². The molecule has 1 N–H and O–H groups in total. The summed E-state index contributed by atoms with van der Waals surface area (Å²) in [5, 5.41) is 15.3. The van der Waals surface area contributed by atoms with Crippen LogP contribution in [0.4, 0.5) is 8.78 Å². The highest BCUT2D eigenvalue weighted by atomic mass is 35.5. The Morgan fingerprint density at radius 2 is 1.91 bits per heavy atom. The molecule has 0 radical (unpaired) electrons. The van der Waals surface area contributed by atoms with Crippen molar-refractivity contribution in [3.8, 4) is 5.75 Å². The van der Waals surface area contributed by atoms with Gasteiger partial charge in [-0.3, -0.25) is 4.79 Å². The average Bonchev–Trinajstić information content (AvgIpc) is 3.29. The topological polar surface area (TPSA) is 67.6 Å². The first-order valence-corrected chi connectivity index (χ1v) is 11.0. The van der Waals surface area contributed by atoms with E-state index >= 15 is 0 Å². The molecular formula is C22H20ClF2N3O3S. The summed E-state index contributed by atoms with van der Waals surface area (Å²) < 4.78 is 30.6. The fraction of sp³-hybridized carbons (Fsp3) is 0.273. The maximum absolute atomic E-state index is 13.2. The van der Waals surface area contributed by atoms with Crippen LogP contribution in [0.25, 0.3) is 0 Å². The van der Waals surface area contributed by atoms with Gasteiger partial charge in [0.15, 0.2) is 0 Å². The fourth-order valence-corrected chi connectivity index (χ4v) is 4.69. The molecule has 2 aromatic carbocycles. The van der Waals surface area contributed by atoms with Gasteiger partial charge >= 0.3 is 6.61 Å². The van der Waals surface area contributed by atoms with E-state index in [0.717, 1.165) is 16.2 Å². The van der Waals surface area contributed by atoms with Crippen LogP contribution in [-0.4, -0.2) is 37.8 Å². The first kappa shape index (κ1) is 22.6. The number of carbonyl (C=O) groups excluding carboxylic acids is 1. The second-order valence-electron chi connectivity index (χ2n) is 7.38. The molecule has 0 spiro atoms. The van der Waals surface area contributed by atoms with Crippen molar-refractivity contribution in [1.82, 2.24) is 14.1 Å². The molecular weight excluding hydrogens is 460 g/mol. The number of rotatable bonds is 7. The van der Waals surface area contributed by atoms with Crippen molar-refractivity contribution in [2.45, 2.75) is 43.5 Å². The SMILES string of the molecule is CC(O)C(C(=O)N1Cc2cn(Sc3ccc(OC(F)F)cc3)nc2C1)c1ccccc1Cl. The molecule has 32 heavy (non-hydrogen) atoms. The summed E-state index contributed by atoms with van der Waals surface area (Å²) in [6.45, 7) is -0.574. The van der Waals surface area contributed by atoms with Crippen LogP contribution in [0.5, 0.6) is 5.75 Å². The first-order valence-electron chi connectivity index (χ1n) is 9.83. The van der Waals surface area contributed by atoms with Crippen LogP contribution in [0.1, 0.15) is 29.7 Å². The number of aliphatic hydroxyl groups is 1. The van der Waals surface area contributed by atoms with E-state index < -0.39 is 18.6 Å². The van der Waals surface area contributed by atoms with Crippen molar-refractivity contribution >= 4 is 29.5 Å². The lowest BCUT2D eigenvalue weighted by Gasteiger charge is -2.26. The maximum atomic E-state index is 13.2. The molecule has 0 saturated heterocycles. The number of benzene rings is 2. The van der Waals surface area contributed by atoms with Crippen LogP contribution in [-0.2, 0) is 17.9 Å². The summed E-state index contributed by atoms with van der Waals surface area (Å²) in [6, 6.07) is 13.3. The number of hydrogen-bond acceptors (Lipinski definition) is 5. The first-order chi connectivity index (χ1) is 15.3. The van der Waals surface area contributed by atoms with Gasteiger partial charge in [0, 0.05) is 40.2 Å². The van der Waals surface area contributed by atoms with E-state index in [1.807, 2.05) is 6.20 Å². The Morgan fingerprint density at radius 3 is 2.53 bits per heavy atom. The van der Waals surface area contributed by atoms with Gasteiger partial charge in [-0.15, -0.1) is 0 Å². The Labute approximate surface area is 192 Å². The highest BCUT2D eigenvalue weighted by Crippen LogP contribution is 2.33. The molecule has 2 heterocycles. The molecule has 168 valence electrons. The zero-order chi connectivity index (χ0) is 22.8. The van der Waals surface area contributed by atoms with Gasteiger partial charge < -0.3 is 14.7 Å². The number of aliphatic hydroxyl groups excluding tert-OH is 1. The number of ether oxygens (including phenoxy) is 1. The van der Waals surface area contributed by atoms with Gasteiger partial charge in [0.1, 0.15) is 5.75 Å². The molecule has 0 saturated carbocycles. The molecule has 0 fully saturated rings. The second-order valence-corrected chi connectivity index (χ2v) is 8.81. The van der Waals surface area contributed by atoms with Crippen LogP contribution >= 0.6 is 23.5 Å². The fourth-order valence-electron chi connectivity index (χ4n) is 3.64. The van der Waals surface area contributed by atoms with Crippen LogP contribution in [0.15, 0.2) is 59.6 Å². The molecule has 10 heteroatoms. The van der Waals surface area contributed by atoms with Gasteiger partial charge in [-0.1, -0.05) is 29.8 Å². The third-order valence-corrected chi connectivity index (χ3v) is 6.31. The van der Waals surface area contributed by atoms with E-state index in [0.29, 0.717) is 23.7 Å². The molecule has 0 bridgehead atoms. The normalized spacial score (nSPS) is 15.0. The molecule has 0 aliphatic carbocycles. The van der Waals surface area contributed by atoms with Crippen molar-refractivity contribution in [2.24, 2.45) is 0 Å². The van der Waals surface area contributed by atoms with E-state index in [4.69, 9.17) is 11.6 Å². The number of amides is 1. The number of hydrogen-bond donors (Lipinski definition) is 1. The van der Waals surface area contributed by atoms with Gasteiger partial charge in [0.2, 0.25) is 5.91 Å². The number of nitrogens with zero attached hydrogens (tertiary/aromatic N) is 3. The lowest BCUT2D eigenvalue weighted by atomic mass is 9.92. The monoisotopic (exact) mass is 479 g/mol. The number of alkyl halides is 2. The Hall–Kier alpha value is -2.62. The summed E-state index contributed by atoms with van der Waals surface area (Å²) in [4.78, 5) is 15.6. The second kappa shape index (κ2) is 9.48. The van der Waals surface area contributed by atoms with E-state index in [2.05, 4.69) is 9.84 Å². The van der Waals surface area contributed by atoms with Gasteiger partial charge in [0.05, 0.1) is 24.3 Å². The predicted octanol–water partition coefficient (Wildman–Crippen LogP) is 4.70. The van der Waals surface area contributed by atoms with E-state index in [-0.39, 0.29) is 11.7 Å². The lowest BCUT2D eigenvalue weighted by molar-refractivity contribution is -0.135. The minimum Gasteiger partial charge on any atom is -0.435 e. The van der Waals surface area contributed by atoms with Crippen LogP contribution < -0.4 is 4.74 Å². The summed E-state index contributed by atoms with van der Waals surface area (Å²) in [6.07, 6.45) is 0.937. The molecule has 1 amide bonds. The van der Waals surface area contributed by atoms with Gasteiger partial charge in [-0.2, -0.15) is 13.9 Å². The van der Waals surface area contributed by atoms with Crippen molar-refractivity contribution in [1.29, 1.82) is 0 Å². The maximum Gasteiger partial charge on any atom is 0.387 e. The summed E-state index contributed by atoms with van der Waals surface area (Å²) >= 11 is 7.59. The van der Waals surface area contributed by atoms with Crippen molar-refractivity contribution in [3.05, 3.63) is 76.6 Å². The highest BCUT2D eigenvalue weighted by molar-refractivity contribution is 7.97. The molecule has 4 rings (SSSR count). The minimum atomic E-state index is -2.86. The Morgan fingerprint density at radius 1 is 1.19 bits per heavy atom. The lowest BCUT2D eigenvalue weighted by Crippen LogP contribution is -2.36. The summed E-state index contributed by atoms with van der Waals surface area (Å²) in [5.74, 6) is -0.879. The molecule has 6 nitrogen and oxygen atoms in total. The number of aromatic nitrogens is 2. The zero-order valence-corrected chi connectivity index (χ0v) is 18.6. The van der Waals surface area contributed by atoms with E-state index in [1.165, 1.54) is 24.1 Å². The van der Waals surface area contributed by atoms with Crippen LogP contribution in [0.2, 0.25) is 5.02 Å². The van der Waals surface area contributed by atoms with Crippen molar-refractivity contribution < 1.29 is 23.4 Å². The average molecular weight is 480 g/mol. The van der Waals surface area contributed by atoms with Crippen molar-refractivity contribution in [2.75, 3.05) is 0 Å². The third kappa shape index (κ3) is 4.90. The molecule has 1 aliphatic heterocycles. The third-order valence-electron chi connectivity index (χ3n) is 5.11. The highest BCUT2D eigenvalue weighted by Gasteiger charge is 2.35. The molecule has 2 unspecified atom stereocenters. The van der Waals surface area contributed by atoms with Crippen LogP contribution in [0.3, 0.4) is 0 Å². The zero-order valence-electron chi connectivity index (χ0n) is 17.0. The minimum absolute atomic E-state index is 0.0904. The predicted molar refractivity (Wildman–Crippen MR) is 117 cm³/mol. The largest absolute Gasteiger partial charge is 0.435 e. The Bertz CT molecular complexity index is 1080. The quantitative estimate of drug-likeness (QED) is 0.532. The summed E-state index contributed by atoms with van der Waals surface area (Å²) in [7, 11) is 0. The standard InChI is InChI=1S/C22H20ClF2N3O3S/c1-13(29)20(17-4-2-3-5-18(17)23)21(30)27-10-14-11-28(26-19(14)12-27)32-16-8-6-15(7-9-16)31-22(24)25/h2-9,11,13,20,22,29H,10,12H2,1H3. The smallest absolute Gasteiger partial charge is 0.387 e. The van der Waals surface area contributed by atoms with E-state index in [9.17, 15) is 18.7 Å². The van der Waals surface area contributed by atoms with E-state index in [1.54, 1.807) is 52.3 Å². The van der Waals surface area contributed by atoms with Crippen molar-refractivity contribution in [3.63, 3.8) is 0 Å². The Kier molecular flexibility index (Phi) is 6.68. The number of fused-ring (bicyclic) bond motifs is 1. The molecule has 1 aliphatic rings.